The second-order valence-electron chi connectivity index (χ2n) is 7.64. The largest absolute Gasteiger partial charge is 0.497 e. The van der Waals surface area contributed by atoms with E-state index in [1.807, 2.05) is 47.4 Å². The van der Waals surface area contributed by atoms with Gasteiger partial charge in [0.15, 0.2) is 11.5 Å². The first-order valence-electron chi connectivity index (χ1n) is 10.6. The molecule has 2 aromatic carbocycles. The number of benzene rings is 2. The minimum atomic E-state index is -0.635. The summed E-state index contributed by atoms with van der Waals surface area (Å²) >= 11 is 0. The lowest BCUT2D eigenvalue weighted by Gasteiger charge is -2.28. The number of amides is 2. The van der Waals surface area contributed by atoms with Gasteiger partial charge in [-0.3, -0.25) is 9.59 Å². The van der Waals surface area contributed by atoms with Crippen LogP contribution in [0, 0.1) is 0 Å². The van der Waals surface area contributed by atoms with Gasteiger partial charge in [0.25, 0.3) is 0 Å². The van der Waals surface area contributed by atoms with Gasteiger partial charge in [0.05, 0.1) is 27.4 Å². The van der Waals surface area contributed by atoms with Gasteiger partial charge in [0.1, 0.15) is 11.8 Å². The molecule has 1 saturated heterocycles. The zero-order valence-electron chi connectivity index (χ0n) is 19.0. The second-order valence-corrected chi connectivity index (χ2v) is 7.64. The maximum absolute atomic E-state index is 13.1. The zero-order chi connectivity index (χ0) is 23.1. The Morgan fingerprint density at radius 2 is 1.75 bits per heavy atom. The summed E-state index contributed by atoms with van der Waals surface area (Å²) in [7, 11) is 4.79. The van der Waals surface area contributed by atoms with Crippen LogP contribution in [-0.4, -0.2) is 50.6 Å². The molecule has 7 heteroatoms. The van der Waals surface area contributed by atoms with Crippen molar-refractivity contribution in [3.63, 3.8) is 0 Å². The van der Waals surface area contributed by atoms with Crippen molar-refractivity contribution in [3.8, 4) is 17.2 Å². The molecule has 32 heavy (non-hydrogen) atoms. The lowest BCUT2D eigenvalue weighted by Crippen LogP contribution is -2.46. The van der Waals surface area contributed by atoms with Crippen LogP contribution in [0.1, 0.15) is 36.9 Å². The van der Waals surface area contributed by atoms with E-state index in [0.29, 0.717) is 18.0 Å². The highest BCUT2D eigenvalue weighted by Gasteiger charge is 2.33. The molecule has 3 rings (SSSR count). The summed E-state index contributed by atoms with van der Waals surface area (Å²) in [5.74, 6) is 1.61. The van der Waals surface area contributed by atoms with E-state index in [4.69, 9.17) is 14.2 Å². The van der Waals surface area contributed by atoms with Crippen molar-refractivity contribution in [2.45, 2.75) is 31.8 Å². The van der Waals surface area contributed by atoms with Gasteiger partial charge >= 0.3 is 0 Å². The van der Waals surface area contributed by atoms with Gasteiger partial charge in [-0.15, -0.1) is 0 Å². The summed E-state index contributed by atoms with van der Waals surface area (Å²) in [6.45, 7) is 2.37. The van der Waals surface area contributed by atoms with E-state index in [0.717, 1.165) is 29.7 Å². The smallest absolute Gasteiger partial charge is 0.245 e. The molecule has 2 unspecified atom stereocenters. The third kappa shape index (κ3) is 5.41. The third-order valence-corrected chi connectivity index (χ3v) is 5.60. The van der Waals surface area contributed by atoms with E-state index < -0.39 is 6.04 Å². The monoisotopic (exact) mass is 438 g/mol. The number of carbonyl (C=O) groups is 2. The van der Waals surface area contributed by atoms with E-state index >= 15 is 0 Å². The maximum atomic E-state index is 13.1. The van der Waals surface area contributed by atoms with E-state index in [9.17, 15) is 9.59 Å². The minimum Gasteiger partial charge on any atom is -0.497 e. The molecule has 2 amide bonds. The third-order valence-electron chi connectivity index (χ3n) is 5.60. The second kappa shape index (κ2) is 10.7. The van der Waals surface area contributed by atoms with E-state index in [1.54, 1.807) is 34.3 Å². The summed E-state index contributed by atoms with van der Waals surface area (Å²) in [6, 6.07) is 12.4. The Morgan fingerprint density at radius 1 is 1.03 bits per heavy atom. The van der Waals surface area contributed by atoms with Crippen LogP contribution < -0.4 is 19.5 Å². The number of hydrogen-bond acceptors (Lipinski definition) is 5. The Hall–Kier alpha value is -3.48. The van der Waals surface area contributed by atoms with Gasteiger partial charge < -0.3 is 24.4 Å². The van der Waals surface area contributed by atoms with E-state index in [2.05, 4.69) is 5.32 Å². The first-order chi connectivity index (χ1) is 15.5. The van der Waals surface area contributed by atoms with Crippen LogP contribution in [0.3, 0.4) is 0 Å². The van der Waals surface area contributed by atoms with E-state index in [-0.39, 0.29) is 17.9 Å². The van der Waals surface area contributed by atoms with Gasteiger partial charge in [-0.1, -0.05) is 18.2 Å². The fourth-order valence-corrected chi connectivity index (χ4v) is 3.90. The quantitative estimate of drug-likeness (QED) is 0.638. The molecular formula is C25H30N2O5. The highest BCUT2D eigenvalue weighted by atomic mass is 16.5. The summed E-state index contributed by atoms with van der Waals surface area (Å²) < 4.78 is 15.8. The lowest BCUT2D eigenvalue weighted by molar-refractivity contribution is -0.136. The fraction of sp³-hybridized carbons (Fsp3) is 0.360. The SMILES string of the molecule is COc1ccc(C=CC(=O)NC(C)C(=O)N2CCCC2c2ccc(OC)c(OC)c2)cc1. The van der Waals surface area contributed by atoms with Crippen LogP contribution in [0.2, 0.25) is 0 Å². The zero-order valence-corrected chi connectivity index (χ0v) is 19.0. The molecule has 0 spiro atoms. The predicted molar refractivity (Wildman–Crippen MR) is 123 cm³/mol. The summed E-state index contributed by atoms with van der Waals surface area (Å²) in [5.41, 5.74) is 1.86. The first-order valence-corrected chi connectivity index (χ1v) is 10.6. The van der Waals surface area contributed by atoms with Crippen molar-refractivity contribution in [2.24, 2.45) is 0 Å². The lowest BCUT2D eigenvalue weighted by atomic mass is 10.0. The summed E-state index contributed by atoms with van der Waals surface area (Å²) in [6.07, 6.45) is 4.90. The van der Waals surface area contributed by atoms with E-state index in [1.165, 1.54) is 6.08 Å². The van der Waals surface area contributed by atoms with Crippen LogP contribution in [0.4, 0.5) is 0 Å². The van der Waals surface area contributed by atoms with Crippen LogP contribution >= 0.6 is 0 Å². The Bertz CT molecular complexity index is 971. The molecule has 7 nitrogen and oxygen atoms in total. The molecular weight excluding hydrogens is 408 g/mol. The van der Waals surface area contributed by atoms with Gasteiger partial charge in [-0.05, 0) is 61.2 Å². The first kappa shape index (κ1) is 23.2. The number of hydrogen-bond donors (Lipinski definition) is 1. The number of ether oxygens (including phenoxy) is 3. The molecule has 1 fully saturated rings. The Kier molecular flexibility index (Phi) is 7.76. The van der Waals surface area contributed by atoms with Crippen molar-refractivity contribution < 1.29 is 23.8 Å². The van der Waals surface area contributed by atoms with Crippen LogP contribution in [0.25, 0.3) is 6.08 Å². The molecule has 0 saturated carbocycles. The van der Waals surface area contributed by atoms with Gasteiger partial charge in [0, 0.05) is 12.6 Å². The molecule has 2 atom stereocenters. The average Bonchev–Trinajstić information content (AvgIpc) is 3.32. The Balaban J connectivity index is 1.63. The average molecular weight is 439 g/mol. The molecule has 0 aromatic heterocycles. The van der Waals surface area contributed by atoms with Crippen molar-refractivity contribution in [3.05, 3.63) is 59.7 Å². The standard InChI is InChI=1S/C25H30N2O5/c1-17(26-24(28)14-9-18-7-11-20(30-2)12-8-18)25(29)27-15-5-6-21(27)19-10-13-22(31-3)23(16-19)32-4/h7-14,16-17,21H,5-6,15H2,1-4H3,(H,26,28). The molecule has 1 N–H and O–H groups in total. The van der Waals surface area contributed by atoms with Crippen molar-refractivity contribution in [2.75, 3.05) is 27.9 Å². The van der Waals surface area contributed by atoms with Crippen LogP contribution in [0.5, 0.6) is 17.2 Å². The highest BCUT2D eigenvalue weighted by molar-refractivity contribution is 5.95. The summed E-state index contributed by atoms with van der Waals surface area (Å²) in [4.78, 5) is 27.3. The number of likely N-dealkylation sites (tertiary alicyclic amines) is 1. The number of rotatable bonds is 8. The molecule has 0 aliphatic carbocycles. The molecule has 2 aromatic rings. The van der Waals surface area contributed by atoms with Crippen molar-refractivity contribution >= 4 is 17.9 Å². The topological polar surface area (TPSA) is 77.1 Å². The van der Waals surface area contributed by atoms with Crippen LogP contribution in [-0.2, 0) is 9.59 Å². The molecule has 1 aliphatic heterocycles. The molecule has 1 aliphatic rings. The van der Waals surface area contributed by atoms with Crippen molar-refractivity contribution in [1.29, 1.82) is 0 Å². The fourth-order valence-electron chi connectivity index (χ4n) is 3.90. The number of carbonyl (C=O) groups excluding carboxylic acids is 2. The minimum absolute atomic E-state index is 0.0588. The predicted octanol–water partition coefficient (Wildman–Crippen LogP) is 3.59. The van der Waals surface area contributed by atoms with Gasteiger partial charge in [-0.2, -0.15) is 0 Å². The highest BCUT2D eigenvalue weighted by Crippen LogP contribution is 2.37. The van der Waals surface area contributed by atoms with Gasteiger partial charge in [0.2, 0.25) is 11.8 Å². The Labute approximate surface area is 189 Å². The van der Waals surface area contributed by atoms with Crippen LogP contribution in [0.15, 0.2) is 48.5 Å². The Morgan fingerprint density at radius 3 is 2.41 bits per heavy atom. The number of nitrogens with zero attached hydrogens (tertiary/aromatic N) is 1. The normalized spacial score (nSPS) is 16.6. The molecule has 0 radical (unpaired) electrons. The van der Waals surface area contributed by atoms with Crippen molar-refractivity contribution in [1.82, 2.24) is 10.2 Å². The summed E-state index contributed by atoms with van der Waals surface area (Å²) in [5, 5.41) is 2.78. The molecule has 1 heterocycles. The molecule has 170 valence electrons. The van der Waals surface area contributed by atoms with Gasteiger partial charge in [-0.25, -0.2) is 0 Å². The maximum Gasteiger partial charge on any atom is 0.245 e. The number of nitrogens with one attached hydrogen (secondary N) is 1. The molecule has 0 bridgehead atoms. The number of methoxy groups -OCH3 is 3.